The number of thioether (sulfide) groups is 1. The Labute approximate surface area is 84.7 Å². The molecule has 1 heterocycles. The topological polar surface area (TPSA) is 47.3 Å². The van der Waals surface area contributed by atoms with E-state index in [-0.39, 0.29) is 0 Å². The van der Waals surface area contributed by atoms with E-state index in [4.69, 9.17) is 10.6 Å². The first-order chi connectivity index (χ1) is 6.38. The monoisotopic (exact) mass is 204 g/mol. The van der Waals surface area contributed by atoms with Gasteiger partial charge in [-0.1, -0.05) is 6.92 Å². The van der Waals surface area contributed by atoms with Gasteiger partial charge in [0, 0.05) is 25.0 Å². The van der Waals surface area contributed by atoms with Crippen molar-refractivity contribution in [2.75, 3.05) is 24.7 Å². The molecule has 0 aromatic heterocycles. The van der Waals surface area contributed by atoms with E-state index in [1.54, 1.807) is 0 Å². The highest BCUT2D eigenvalue weighted by atomic mass is 32.2. The van der Waals surface area contributed by atoms with Gasteiger partial charge in [-0.15, -0.1) is 0 Å². The summed E-state index contributed by atoms with van der Waals surface area (Å²) in [5, 5.41) is 0. The van der Waals surface area contributed by atoms with Gasteiger partial charge in [0.25, 0.3) is 0 Å². The van der Waals surface area contributed by atoms with Gasteiger partial charge >= 0.3 is 0 Å². The van der Waals surface area contributed by atoms with Crippen molar-refractivity contribution in [2.45, 2.75) is 25.8 Å². The van der Waals surface area contributed by atoms with Crippen LogP contribution in [0.3, 0.4) is 0 Å². The zero-order chi connectivity index (χ0) is 9.52. The van der Waals surface area contributed by atoms with Crippen LogP contribution in [-0.2, 0) is 4.74 Å². The van der Waals surface area contributed by atoms with Crippen LogP contribution in [0.2, 0.25) is 0 Å². The molecular weight excluding hydrogens is 184 g/mol. The second-order valence-electron chi connectivity index (χ2n) is 3.38. The van der Waals surface area contributed by atoms with E-state index in [0.717, 1.165) is 31.8 Å². The number of hydrazine groups is 1. The Hall–Kier alpha value is 0.230. The molecule has 0 saturated carbocycles. The fraction of sp³-hybridized carbons (Fsp3) is 1.00. The molecule has 0 amide bonds. The van der Waals surface area contributed by atoms with Gasteiger partial charge in [0.2, 0.25) is 0 Å². The Morgan fingerprint density at radius 3 is 2.77 bits per heavy atom. The molecule has 0 aliphatic carbocycles. The van der Waals surface area contributed by atoms with Gasteiger partial charge < -0.3 is 4.74 Å². The largest absolute Gasteiger partial charge is 0.381 e. The van der Waals surface area contributed by atoms with Crippen molar-refractivity contribution in [3.63, 3.8) is 0 Å². The Morgan fingerprint density at radius 2 is 2.23 bits per heavy atom. The second-order valence-corrected chi connectivity index (χ2v) is 4.70. The van der Waals surface area contributed by atoms with Crippen LogP contribution < -0.4 is 11.3 Å². The number of nitrogens with one attached hydrogen (secondary N) is 1. The van der Waals surface area contributed by atoms with Crippen molar-refractivity contribution >= 4 is 11.8 Å². The zero-order valence-electron chi connectivity index (χ0n) is 8.29. The molecule has 1 aliphatic heterocycles. The highest BCUT2D eigenvalue weighted by molar-refractivity contribution is 7.99. The van der Waals surface area contributed by atoms with Crippen molar-refractivity contribution in [1.82, 2.24) is 5.43 Å². The van der Waals surface area contributed by atoms with Crippen LogP contribution >= 0.6 is 11.8 Å². The predicted octanol–water partition coefficient (Wildman–Crippen LogP) is 0.998. The third kappa shape index (κ3) is 3.85. The standard InChI is InChI=1S/C9H20N2OS/c1-2-13-7-9(11-10)8-3-5-12-6-4-8/h8-9,11H,2-7,10H2,1H3. The van der Waals surface area contributed by atoms with E-state index in [1.165, 1.54) is 5.75 Å². The molecule has 0 spiro atoms. The molecule has 1 aliphatic rings. The highest BCUT2D eigenvalue weighted by Crippen LogP contribution is 2.20. The number of nitrogens with two attached hydrogens (primary N) is 1. The van der Waals surface area contributed by atoms with Crippen LogP contribution in [0.5, 0.6) is 0 Å². The fourth-order valence-electron chi connectivity index (χ4n) is 1.68. The molecule has 3 N–H and O–H groups in total. The predicted molar refractivity (Wildman–Crippen MR) is 57.7 cm³/mol. The average Bonchev–Trinajstić information content (AvgIpc) is 2.21. The minimum Gasteiger partial charge on any atom is -0.381 e. The third-order valence-electron chi connectivity index (χ3n) is 2.55. The highest BCUT2D eigenvalue weighted by Gasteiger charge is 2.22. The van der Waals surface area contributed by atoms with Crippen molar-refractivity contribution in [3.05, 3.63) is 0 Å². The van der Waals surface area contributed by atoms with E-state index < -0.39 is 0 Å². The summed E-state index contributed by atoms with van der Waals surface area (Å²) in [6.07, 6.45) is 2.30. The molecule has 0 bridgehead atoms. The van der Waals surface area contributed by atoms with Gasteiger partial charge in [0.05, 0.1) is 0 Å². The maximum absolute atomic E-state index is 5.54. The normalized spacial score (nSPS) is 21.7. The van der Waals surface area contributed by atoms with E-state index in [1.807, 2.05) is 11.8 Å². The lowest BCUT2D eigenvalue weighted by atomic mass is 9.93. The molecule has 1 unspecified atom stereocenters. The first-order valence-electron chi connectivity index (χ1n) is 5.00. The second kappa shape index (κ2) is 6.65. The van der Waals surface area contributed by atoms with Crippen LogP contribution in [0.1, 0.15) is 19.8 Å². The number of rotatable bonds is 5. The number of ether oxygens (including phenoxy) is 1. The Kier molecular flexibility index (Phi) is 5.78. The third-order valence-corrected chi connectivity index (χ3v) is 3.55. The van der Waals surface area contributed by atoms with Crippen molar-refractivity contribution in [3.8, 4) is 0 Å². The molecule has 13 heavy (non-hydrogen) atoms. The fourth-order valence-corrected chi connectivity index (χ4v) is 2.54. The van der Waals surface area contributed by atoms with Crippen LogP contribution in [0.25, 0.3) is 0 Å². The zero-order valence-corrected chi connectivity index (χ0v) is 9.11. The lowest BCUT2D eigenvalue weighted by Gasteiger charge is -2.29. The van der Waals surface area contributed by atoms with E-state index in [9.17, 15) is 0 Å². The Bertz CT molecular complexity index is 129. The lowest BCUT2D eigenvalue weighted by Crippen LogP contribution is -2.44. The quantitative estimate of drug-likeness (QED) is 0.518. The molecule has 1 rings (SSSR count). The first-order valence-corrected chi connectivity index (χ1v) is 6.15. The number of hydrogen-bond donors (Lipinski definition) is 2. The van der Waals surface area contributed by atoms with Gasteiger partial charge in [0.15, 0.2) is 0 Å². The summed E-state index contributed by atoms with van der Waals surface area (Å²) in [6.45, 7) is 3.99. The van der Waals surface area contributed by atoms with Crippen LogP contribution in [0, 0.1) is 5.92 Å². The molecule has 1 saturated heterocycles. The van der Waals surface area contributed by atoms with Gasteiger partial charge in [-0.05, 0) is 24.5 Å². The van der Waals surface area contributed by atoms with Crippen LogP contribution in [0.4, 0.5) is 0 Å². The molecule has 78 valence electrons. The molecule has 0 aromatic carbocycles. The van der Waals surface area contributed by atoms with Gasteiger partial charge in [-0.25, -0.2) is 0 Å². The molecule has 0 radical (unpaired) electrons. The van der Waals surface area contributed by atoms with E-state index in [0.29, 0.717) is 12.0 Å². The summed E-state index contributed by atoms with van der Waals surface area (Å²) in [5.74, 6) is 8.54. The molecule has 3 nitrogen and oxygen atoms in total. The smallest absolute Gasteiger partial charge is 0.0469 e. The van der Waals surface area contributed by atoms with Gasteiger partial charge in [0.1, 0.15) is 0 Å². The maximum Gasteiger partial charge on any atom is 0.0469 e. The van der Waals surface area contributed by atoms with E-state index in [2.05, 4.69) is 12.3 Å². The molecular formula is C9H20N2OS. The maximum atomic E-state index is 5.54. The van der Waals surface area contributed by atoms with Crippen molar-refractivity contribution < 1.29 is 4.74 Å². The van der Waals surface area contributed by atoms with Crippen molar-refractivity contribution in [2.24, 2.45) is 11.8 Å². The minimum atomic E-state index is 0.467. The molecule has 0 aromatic rings. The van der Waals surface area contributed by atoms with Crippen molar-refractivity contribution in [1.29, 1.82) is 0 Å². The SMILES string of the molecule is CCSCC(NN)C1CCOCC1. The van der Waals surface area contributed by atoms with E-state index >= 15 is 0 Å². The average molecular weight is 204 g/mol. The molecule has 4 heteroatoms. The minimum absolute atomic E-state index is 0.467. The molecule has 1 fully saturated rings. The Balaban J connectivity index is 2.26. The summed E-state index contributed by atoms with van der Waals surface area (Å²) in [4.78, 5) is 0. The number of hydrogen-bond acceptors (Lipinski definition) is 4. The lowest BCUT2D eigenvalue weighted by molar-refractivity contribution is 0.0566. The summed E-state index contributed by atoms with van der Waals surface area (Å²) in [7, 11) is 0. The van der Waals surface area contributed by atoms with Gasteiger partial charge in [-0.2, -0.15) is 11.8 Å². The van der Waals surface area contributed by atoms with Crippen LogP contribution in [0.15, 0.2) is 0 Å². The first kappa shape index (κ1) is 11.3. The summed E-state index contributed by atoms with van der Waals surface area (Å²) >= 11 is 1.95. The summed E-state index contributed by atoms with van der Waals surface area (Å²) in [5.41, 5.74) is 2.93. The Morgan fingerprint density at radius 1 is 1.54 bits per heavy atom. The molecule has 1 atom stereocenters. The van der Waals surface area contributed by atoms with Gasteiger partial charge in [-0.3, -0.25) is 11.3 Å². The summed E-state index contributed by atoms with van der Waals surface area (Å²) < 4.78 is 5.32. The summed E-state index contributed by atoms with van der Waals surface area (Å²) in [6, 6.07) is 0.467. The van der Waals surface area contributed by atoms with Crippen LogP contribution in [-0.4, -0.2) is 30.8 Å².